The molecule has 1 aliphatic heterocycles. The number of nitrogens with one attached hydrogen (secondary N) is 1. The van der Waals surface area contributed by atoms with Crippen LogP contribution in [0.3, 0.4) is 0 Å². The maximum atomic E-state index is 13.7. The van der Waals surface area contributed by atoms with E-state index in [9.17, 15) is 18.7 Å². The molecule has 1 saturated heterocycles. The lowest BCUT2D eigenvalue weighted by atomic mass is 9.93. The van der Waals surface area contributed by atoms with Gasteiger partial charge in [0, 0.05) is 31.3 Å². The average Bonchev–Trinajstić information content (AvgIpc) is 2.64. The van der Waals surface area contributed by atoms with Crippen molar-refractivity contribution in [3.05, 3.63) is 65.2 Å². The molecule has 2 aromatic rings. The summed E-state index contributed by atoms with van der Waals surface area (Å²) >= 11 is 0. The van der Waals surface area contributed by atoms with E-state index in [4.69, 9.17) is 4.74 Å². The van der Waals surface area contributed by atoms with Crippen molar-refractivity contribution >= 4 is 5.97 Å². The van der Waals surface area contributed by atoms with Gasteiger partial charge in [-0.3, -0.25) is 9.69 Å². The highest BCUT2D eigenvalue weighted by Gasteiger charge is 2.36. The molecule has 1 fully saturated rings. The maximum Gasteiger partial charge on any atom is 0.322 e. The maximum absolute atomic E-state index is 13.7. The third-order valence-corrected chi connectivity index (χ3v) is 4.58. The number of nitrogens with zero attached hydrogens (tertiary/aromatic N) is 1. The zero-order chi connectivity index (χ0) is 18.7. The molecule has 2 unspecified atom stereocenters. The van der Waals surface area contributed by atoms with Gasteiger partial charge in [-0.25, -0.2) is 8.78 Å². The number of carbonyl (C=O) groups is 1. The number of methoxy groups -OCH3 is 1. The Hall–Kier alpha value is -2.51. The van der Waals surface area contributed by atoms with Crippen molar-refractivity contribution < 1.29 is 23.4 Å². The lowest BCUT2D eigenvalue weighted by molar-refractivity contribution is -0.144. The molecule has 1 heterocycles. The van der Waals surface area contributed by atoms with Gasteiger partial charge in [-0.05, 0) is 23.8 Å². The molecule has 5 nitrogen and oxygen atoms in total. The van der Waals surface area contributed by atoms with Crippen LogP contribution in [0.4, 0.5) is 8.78 Å². The third kappa shape index (κ3) is 3.68. The van der Waals surface area contributed by atoms with Gasteiger partial charge in [-0.15, -0.1) is 0 Å². The minimum absolute atomic E-state index is 0.288. The molecule has 0 spiro atoms. The van der Waals surface area contributed by atoms with Crippen LogP contribution in [0.25, 0.3) is 0 Å². The summed E-state index contributed by atoms with van der Waals surface area (Å²) in [6, 6.07) is 8.78. The SMILES string of the molecule is COc1cc(F)ccc1C(c1ccc(F)cc1)N1CCNCC1C(=O)O. The highest BCUT2D eigenvalue weighted by Crippen LogP contribution is 2.36. The van der Waals surface area contributed by atoms with E-state index in [1.165, 1.54) is 31.4 Å². The minimum atomic E-state index is -0.953. The Balaban J connectivity index is 2.13. The zero-order valence-corrected chi connectivity index (χ0v) is 14.3. The van der Waals surface area contributed by atoms with Gasteiger partial charge in [0.25, 0.3) is 0 Å². The molecule has 0 saturated carbocycles. The largest absolute Gasteiger partial charge is 0.496 e. The zero-order valence-electron chi connectivity index (χ0n) is 14.3. The number of piperazine rings is 1. The van der Waals surface area contributed by atoms with Gasteiger partial charge in [-0.2, -0.15) is 0 Å². The summed E-state index contributed by atoms with van der Waals surface area (Å²) in [5.41, 5.74) is 1.35. The summed E-state index contributed by atoms with van der Waals surface area (Å²) in [7, 11) is 1.44. The van der Waals surface area contributed by atoms with Crippen LogP contribution in [-0.2, 0) is 4.79 Å². The normalized spacial score (nSPS) is 19.1. The third-order valence-electron chi connectivity index (χ3n) is 4.58. The van der Waals surface area contributed by atoms with Gasteiger partial charge in [0.1, 0.15) is 23.4 Å². The molecule has 26 heavy (non-hydrogen) atoms. The van der Waals surface area contributed by atoms with Crippen LogP contribution in [0.5, 0.6) is 5.75 Å². The van der Waals surface area contributed by atoms with Crippen LogP contribution in [0.1, 0.15) is 17.2 Å². The molecule has 3 rings (SSSR count). The quantitative estimate of drug-likeness (QED) is 0.855. The molecule has 0 aromatic heterocycles. The Morgan fingerprint density at radius 3 is 2.58 bits per heavy atom. The first kappa shape index (κ1) is 18.3. The van der Waals surface area contributed by atoms with Crippen molar-refractivity contribution in [3.63, 3.8) is 0 Å². The number of aliphatic carboxylic acids is 1. The van der Waals surface area contributed by atoms with Crippen LogP contribution in [0, 0.1) is 11.6 Å². The van der Waals surface area contributed by atoms with Crippen molar-refractivity contribution in [2.45, 2.75) is 12.1 Å². The fourth-order valence-electron chi connectivity index (χ4n) is 3.36. The number of ether oxygens (including phenoxy) is 1. The van der Waals surface area contributed by atoms with E-state index >= 15 is 0 Å². The van der Waals surface area contributed by atoms with Crippen LogP contribution >= 0.6 is 0 Å². The summed E-state index contributed by atoms with van der Waals surface area (Å²) in [5.74, 6) is -1.46. The van der Waals surface area contributed by atoms with Gasteiger partial charge in [0.2, 0.25) is 0 Å². The predicted molar refractivity (Wildman–Crippen MR) is 92.2 cm³/mol. The van der Waals surface area contributed by atoms with Crippen molar-refractivity contribution in [3.8, 4) is 5.75 Å². The second-order valence-corrected chi connectivity index (χ2v) is 6.14. The van der Waals surface area contributed by atoms with Gasteiger partial charge in [-0.1, -0.05) is 18.2 Å². The predicted octanol–water partition coefficient (Wildman–Crippen LogP) is 2.42. The highest BCUT2D eigenvalue weighted by molar-refractivity contribution is 5.74. The number of hydrogen-bond donors (Lipinski definition) is 2. The molecule has 2 aromatic carbocycles. The summed E-state index contributed by atoms with van der Waals surface area (Å²) in [4.78, 5) is 13.6. The van der Waals surface area contributed by atoms with E-state index in [1.807, 2.05) is 4.90 Å². The van der Waals surface area contributed by atoms with Gasteiger partial charge in [0.05, 0.1) is 13.2 Å². The van der Waals surface area contributed by atoms with Crippen LogP contribution in [0.2, 0.25) is 0 Å². The Morgan fingerprint density at radius 1 is 1.23 bits per heavy atom. The molecule has 0 amide bonds. The minimum Gasteiger partial charge on any atom is -0.496 e. The van der Waals surface area contributed by atoms with Crippen molar-refractivity contribution in [2.75, 3.05) is 26.7 Å². The fourth-order valence-corrected chi connectivity index (χ4v) is 3.36. The molecular weight excluding hydrogens is 342 g/mol. The topological polar surface area (TPSA) is 61.8 Å². The van der Waals surface area contributed by atoms with E-state index in [-0.39, 0.29) is 12.4 Å². The lowest BCUT2D eigenvalue weighted by Gasteiger charge is -2.40. The Morgan fingerprint density at radius 2 is 1.92 bits per heavy atom. The smallest absolute Gasteiger partial charge is 0.322 e. The average molecular weight is 362 g/mol. The Labute approximate surface area is 150 Å². The summed E-state index contributed by atoms with van der Waals surface area (Å²) in [6.07, 6.45) is 0. The van der Waals surface area contributed by atoms with Gasteiger partial charge >= 0.3 is 5.97 Å². The number of rotatable bonds is 5. The second kappa shape index (κ2) is 7.80. The number of carboxylic acid groups (broad SMARTS) is 1. The van der Waals surface area contributed by atoms with E-state index in [0.717, 1.165) is 0 Å². The number of benzene rings is 2. The van der Waals surface area contributed by atoms with E-state index in [0.29, 0.717) is 30.0 Å². The molecule has 1 aliphatic rings. The van der Waals surface area contributed by atoms with Crippen LogP contribution in [0.15, 0.2) is 42.5 Å². The summed E-state index contributed by atoms with van der Waals surface area (Å²) < 4.78 is 32.4. The van der Waals surface area contributed by atoms with Crippen molar-refractivity contribution in [1.29, 1.82) is 0 Å². The lowest BCUT2D eigenvalue weighted by Crippen LogP contribution is -2.56. The summed E-state index contributed by atoms with van der Waals surface area (Å²) in [5, 5.41) is 12.7. The first-order valence-electron chi connectivity index (χ1n) is 8.29. The Bertz CT molecular complexity index is 783. The standard InChI is InChI=1S/C19H20F2N2O3/c1-26-17-10-14(21)6-7-15(17)18(12-2-4-13(20)5-3-12)23-9-8-22-11-16(23)19(24)25/h2-7,10,16,18,22H,8-9,11H2,1H3,(H,24,25). The second-order valence-electron chi connectivity index (χ2n) is 6.14. The van der Waals surface area contributed by atoms with E-state index < -0.39 is 23.9 Å². The number of halogens is 2. The van der Waals surface area contributed by atoms with Gasteiger partial charge in [0.15, 0.2) is 0 Å². The molecule has 0 aliphatic carbocycles. The molecule has 138 valence electrons. The van der Waals surface area contributed by atoms with E-state index in [2.05, 4.69) is 5.32 Å². The summed E-state index contributed by atoms with van der Waals surface area (Å²) in [6.45, 7) is 1.38. The first-order valence-corrected chi connectivity index (χ1v) is 8.29. The van der Waals surface area contributed by atoms with Crippen LogP contribution < -0.4 is 10.1 Å². The van der Waals surface area contributed by atoms with E-state index in [1.54, 1.807) is 18.2 Å². The van der Waals surface area contributed by atoms with Crippen molar-refractivity contribution in [1.82, 2.24) is 10.2 Å². The molecule has 7 heteroatoms. The number of carboxylic acids is 1. The monoisotopic (exact) mass is 362 g/mol. The molecule has 0 radical (unpaired) electrons. The molecular formula is C19H20F2N2O3. The molecule has 2 N–H and O–H groups in total. The first-order chi connectivity index (χ1) is 12.5. The molecule has 2 atom stereocenters. The molecule has 0 bridgehead atoms. The van der Waals surface area contributed by atoms with Crippen LogP contribution in [-0.4, -0.2) is 48.8 Å². The number of hydrogen-bond acceptors (Lipinski definition) is 4. The van der Waals surface area contributed by atoms with Crippen molar-refractivity contribution in [2.24, 2.45) is 0 Å². The highest BCUT2D eigenvalue weighted by atomic mass is 19.1. The fraction of sp³-hybridized carbons (Fsp3) is 0.316. The van der Waals surface area contributed by atoms with Gasteiger partial charge < -0.3 is 15.2 Å². The Kier molecular flexibility index (Phi) is 5.49.